The SMILES string of the molecule is O=C1CCC(N2Cc3c(CNC4CC5CCC4NC5)cccc3C2=O)C(=O)N1. The Bertz CT molecular complexity index is 831. The molecule has 4 heterocycles. The van der Waals surface area contributed by atoms with Gasteiger partial charge in [0, 0.05) is 37.2 Å². The van der Waals surface area contributed by atoms with Crippen LogP contribution in [0.1, 0.15) is 53.6 Å². The van der Waals surface area contributed by atoms with Crippen molar-refractivity contribution in [3.63, 3.8) is 0 Å². The van der Waals surface area contributed by atoms with Crippen LogP contribution in [0.2, 0.25) is 0 Å². The highest BCUT2D eigenvalue weighted by Gasteiger charge is 2.40. The summed E-state index contributed by atoms with van der Waals surface area (Å²) in [5.41, 5.74) is 2.83. The van der Waals surface area contributed by atoms with Crippen molar-refractivity contribution in [3.8, 4) is 0 Å². The molecule has 7 heteroatoms. The highest BCUT2D eigenvalue weighted by Crippen LogP contribution is 2.32. The molecule has 4 unspecified atom stereocenters. The Morgan fingerprint density at radius 3 is 2.75 bits per heavy atom. The van der Waals surface area contributed by atoms with Gasteiger partial charge in [-0.05, 0) is 55.3 Å². The van der Waals surface area contributed by atoms with E-state index < -0.39 is 6.04 Å². The molecule has 3 saturated heterocycles. The molecule has 1 aromatic rings. The third-order valence-electron chi connectivity index (χ3n) is 6.86. The largest absolute Gasteiger partial charge is 0.322 e. The Kier molecular flexibility index (Phi) is 4.44. The number of carbonyl (C=O) groups excluding carboxylic acids is 3. The lowest BCUT2D eigenvalue weighted by Gasteiger charge is -2.43. The Morgan fingerprint density at radius 2 is 2.04 bits per heavy atom. The number of imide groups is 1. The zero-order chi connectivity index (χ0) is 19.3. The summed E-state index contributed by atoms with van der Waals surface area (Å²) in [5, 5.41) is 9.69. The number of piperidine rings is 3. The quantitative estimate of drug-likeness (QED) is 0.666. The Morgan fingerprint density at radius 1 is 1.14 bits per heavy atom. The van der Waals surface area contributed by atoms with E-state index in [2.05, 4.69) is 22.0 Å². The number of hydrogen-bond donors (Lipinski definition) is 3. The van der Waals surface area contributed by atoms with Gasteiger partial charge in [0.1, 0.15) is 6.04 Å². The van der Waals surface area contributed by atoms with Crippen molar-refractivity contribution in [1.29, 1.82) is 0 Å². The second-order valence-electron chi connectivity index (χ2n) is 8.52. The van der Waals surface area contributed by atoms with Gasteiger partial charge in [-0.2, -0.15) is 0 Å². The first-order valence-corrected chi connectivity index (χ1v) is 10.3. The summed E-state index contributed by atoms with van der Waals surface area (Å²) in [6.45, 7) is 2.31. The molecule has 1 aliphatic carbocycles. The fraction of sp³-hybridized carbons (Fsp3) is 0.571. The van der Waals surface area contributed by atoms with Crippen LogP contribution in [0.3, 0.4) is 0 Å². The van der Waals surface area contributed by atoms with Gasteiger partial charge in [0.2, 0.25) is 11.8 Å². The van der Waals surface area contributed by atoms with Gasteiger partial charge in [-0.1, -0.05) is 12.1 Å². The number of carbonyl (C=O) groups is 3. The average molecular weight is 382 g/mol. The van der Waals surface area contributed by atoms with Crippen molar-refractivity contribution in [2.75, 3.05) is 6.54 Å². The van der Waals surface area contributed by atoms with E-state index in [0.29, 0.717) is 30.6 Å². The standard InChI is InChI=1S/C21H26N4O3/c26-19-7-6-18(20(27)24-19)25-11-15-13(2-1-3-14(15)21(25)28)10-23-17-8-12-4-5-16(17)22-9-12/h1-3,12,16-18,22-23H,4-11H2,(H,24,26,27). The summed E-state index contributed by atoms with van der Waals surface area (Å²) < 4.78 is 0. The number of fused-ring (bicyclic) bond motifs is 4. The Labute approximate surface area is 164 Å². The topological polar surface area (TPSA) is 90.5 Å². The van der Waals surface area contributed by atoms with Crippen LogP contribution in [0, 0.1) is 5.92 Å². The molecular weight excluding hydrogens is 356 g/mol. The van der Waals surface area contributed by atoms with E-state index in [9.17, 15) is 14.4 Å². The third-order valence-corrected chi connectivity index (χ3v) is 6.86. The van der Waals surface area contributed by atoms with Crippen molar-refractivity contribution in [2.45, 2.75) is 63.3 Å². The summed E-state index contributed by atoms with van der Waals surface area (Å²) >= 11 is 0. The molecule has 5 aliphatic rings. The molecule has 148 valence electrons. The maximum Gasteiger partial charge on any atom is 0.255 e. The lowest BCUT2D eigenvalue weighted by Crippen LogP contribution is -2.58. The molecule has 4 aliphatic heterocycles. The van der Waals surface area contributed by atoms with E-state index >= 15 is 0 Å². The van der Waals surface area contributed by atoms with Gasteiger partial charge in [-0.3, -0.25) is 19.7 Å². The van der Waals surface area contributed by atoms with Crippen LogP contribution in [0.15, 0.2) is 18.2 Å². The van der Waals surface area contributed by atoms with Crippen molar-refractivity contribution in [1.82, 2.24) is 20.9 Å². The van der Waals surface area contributed by atoms with Crippen LogP contribution in [-0.4, -0.2) is 47.3 Å². The number of hydrogen-bond acceptors (Lipinski definition) is 5. The van der Waals surface area contributed by atoms with Crippen molar-refractivity contribution in [3.05, 3.63) is 34.9 Å². The first-order valence-electron chi connectivity index (χ1n) is 10.3. The Balaban J connectivity index is 1.31. The van der Waals surface area contributed by atoms with Crippen LogP contribution in [0.5, 0.6) is 0 Å². The van der Waals surface area contributed by atoms with Crippen molar-refractivity contribution >= 4 is 17.7 Å². The molecule has 3 amide bonds. The smallest absolute Gasteiger partial charge is 0.255 e. The summed E-state index contributed by atoms with van der Waals surface area (Å²) in [7, 11) is 0. The number of nitrogens with one attached hydrogen (secondary N) is 3. The summed E-state index contributed by atoms with van der Waals surface area (Å²) in [5.74, 6) is 0.0467. The van der Waals surface area contributed by atoms with E-state index in [1.807, 2.05) is 12.1 Å². The van der Waals surface area contributed by atoms with Crippen molar-refractivity contribution < 1.29 is 14.4 Å². The second kappa shape index (κ2) is 6.97. The number of benzene rings is 1. The minimum Gasteiger partial charge on any atom is -0.322 e. The fourth-order valence-corrected chi connectivity index (χ4v) is 5.29. The van der Waals surface area contributed by atoms with E-state index in [1.165, 1.54) is 19.3 Å². The highest BCUT2D eigenvalue weighted by molar-refractivity contribution is 6.05. The third kappa shape index (κ3) is 3.02. The molecule has 3 N–H and O–H groups in total. The molecule has 1 saturated carbocycles. The second-order valence-corrected chi connectivity index (χ2v) is 8.52. The van der Waals surface area contributed by atoms with Crippen molar-refractivity contribution in [2.24, 2.45) is 5.92 Å². The maximum absolute atomic E-state index is 12.9. The van der Waals surface area contributed by atoms with E-state index in [1.54, 1.807) is 4.90 Å². The minimum absolute atomic E-state index is 0.107. The summed E-state index contributed by atoms with van der Waals surface area (Å²) in [4.78, 5) is 38.2. The first-order chi connectivity index (χ1) is 13.6. The Hall–Kier alpha value is -2.25. The minimum atomic E-state index is -0.559. The molecule has 0 radical (unpaired) electrons. The van der Waals surface area contributed by atoms with Crippen LogP contribution in [0.4, 0.5) is 0 Å². The van der Waals surface area contributed by atoms with E-state index in [0.717, 1.165) is 30.1 Å². The lowest BCUT2D eigenvalue weighted by molar-refractivity contribution is -0.136. The first kappa shape index (κ1) is 17.8. The number of amides is 3. The normalized spacial score (nSPS) is 31.9. The number of nitrogens with zero attached hydrogens (tertiary/aromatic N) is 1. The van der Waals surface area contributed by atoms with Crippen LogP contribution in [0.25, 0.3) is 0 Å². The average Bonchev–Trinajstić information content (AvgIpc) is 3.04. The van der Waals surface area contributed by atoms with Gasteiger partial charge in [0.15, 0.2) is 0 Å². The zero-order valence-electron chi connectivity index (χ0n) is 15.9. The molecular formula is C21H26N4O3. The molecule has 4 fully saturated rings. The molecule has 1 aromatic carbocycles. The predicted molar refractivity (Wildman–Crippen MR) is 102 cm³/mol. The maximum atomic E-state index is 12.9. The predicted octanol–water partition coefficient (Wildman–Crippen LogP) is 0.678. The zero-order valence-corrected chi connectivity index (χ0v) is 15.9. The molecule has 4 atom stereocenters. The summed E-state index contributed by atoms with van der Waals surface area (Å²) in [6.07, 6.45) is 4.45. The van der Waals surface area contributed by atoms with Gasteiger partial charge in [-0.15, -0.1) is 0 Å². The molecule has 28 heavy (non-hydrogen) atoms. The van der Waals surface area contributed by atoms with Crippen LogP contribution in [-0.2, 0) is 22.7 Å². The molecule has 0 spiro atoms. The molecule has 6 rings (SSSR count). The van der Waals surface area contributed by atoms with Gasteiger partial charge >= 0.3 is 0 Å². The van der Waals surface area contributed by atoms with E-state index in [4.69, 9.17) is 0 Å². The molecule has 0 aromatic heterocycles. The molecule has 7 nitrogen and oxygen atoms in total. The highest BCUT2D eigenvalue weighted by atomic mass is 16.2. The van der Waals surface area contributed by atoms with Gasteiger partial charge in [-0.25, -0.2) is 0 Å². The monoisotopic (exact) mass is 382 g/mol. The van der Waals surface area contributed by atoms with Gasteiger partial charge < -0.3 is 15.5 Å². The lowest BCUT2D eigenvalue weighted by atomic mass is 9.78. The van der Waals surface area contributed by atoms with E-state index in [-0.39, 0.29) is 24.1 Å². The van der Waals surface area contributed by atoms with Gasteiger partial charge in [0.05, 0.1) is 0 Å². The fourth-order valence-electron chi connectivity index (χ4n) is 5.29. The number of rotatable bonds is 4. The molecule has 2 bridgehead atoms. The van der Waals surface area contributed by atoms with Gasteiger partial charge in [0.25, 0.3) is 5.91 Å². The van der Waals surface area contributed by atoms with Crippen LogP contribution < -0.4 is 16.0 Å². The summed E-state index contributed by atoms with van der Waals surface area (Å²) in [6, 6.07) is 6.30. The van der Waals surface area contributed by atoms with Crippen LogP contribution >= 0.6 is 0 Å².